The van der Waals surface area contributed by atoms with E-state index < -0.39 is 0 Å². The molecule has 3 nitrogen and oxygen atoms in total. The maximum absolute atomic E-state index is 4.22. The molecule has 102 valence electrons. The van der Waals surface area contributed by atoms with Crippen molar-refractivity contribution in [2.75, 3.05) is 6.54 Å². The maximum Gasteiger partial charge on any atom is 0.0801 e. The van der Waals surface area contributed by atoms with Crippen molar-refractivity contribution >= 4 is 11.5 Å². The monoisotopic (exact) mass is 275 g/mol. The zero-order chi connectivity index (χ0) is 13.7. The highest BCUT2D eigenvalue weighted by atomic mass is 32.1. The van der Waals surface area contributed by atoms with E-state index in [0.29, 0.717) is 6.04 Å². The van der Waals surface area contributed by atoms with Crippen molar-refractivity contribution in [3.63, 3.8) is 0 Å². The van der Waals surface area contributed by atoms with Crippen LogP contribution in [0.1, 0.15) is 41.6 Å². The second-order valence-corrected chi connectivity index (χ2v) is 5.52. The molecule has 1 unspecified atom stereocenters. The Morgan fingerprint density at radius 3 is 2.58 bits per heavy atom. The van der Waals surface area contributed by atoms with E-state index >= 15 is 0 Å². The van der Waals surface area contributed by atoms with Gasteiger partial charge in [0.1, 0.15) is 0 Å². The van der Waals surface area contributed by atoms with E-state index in [0.717, 1.165) is 25.1 Å². The van der Waals surface area contributed by atoms with Gasteiger partial charge in [-0.3, -0.25) is 0 Å². The van der Waals surface area contributed by atoms with Crippen molar-refractivity contribution in [1.29, 1.82) is 0 Å². The van der Waals surface area contributed by atoms with Crippen LogP contribution in [0.5, 0.6) is 0 Å². The standard InChI is InChI=1S/C15H21N3S/c1-4-13-15(19-18-17-13)14(16-5-2)10-12-8-6-11(3)7-9-12/h6-9,14,16H,4-5,10H2,1-3H3. The van der Waals surface area contributed by atoms with Crippen molar-refractivity contribution in [2.45, 2.75) is 39.7 Å². The number of aromatic nitrogens is 2. The Balaban J connectivity index is 2.18. The summed E-state index contributed by atoms with van der Waals surface area (Å²) in [6.45, 7) is 7.35. The summed E-state index contributed by atoms with van der Waals surface area (Å²) in [7, 11) is 0. The topological polar surface area (TPSA) is 37.8 Å². The number of likely N-dealkylation sites (N-methyl/N-ethyl adjacent to an activating group) is 1. The zero-order valence-corrected chi connectivity index (χ0v) is 12.6. The van der Waals surface area contributed by atoms with Gasteiger partial charge in [0.25, 0.3) is 0 Å². The molecule has 0 radical (unpaired) electrons. The van der Waals surface area contributed by atoms with Crippen LogP contribution in [-0.4, -0.2) is 16.1 Å². The molecular formula is C15H21N3S. The Morgan fingerprint density at radius 2 is 1.95 bits per heavy atom. The van der Waals surface area contributed by atoms with Gasteiger partial charge in [-0.05, 0) is 43.4 Å². The van der Waals surface area contributed by atoms with Crippen LogP contribution in [0.4, 0.5) is 0 Å². The van der Waals surface area contributed by atoms with Crippen LogP contribution in [0.25, 0.3) is 0 Å². The Bertz CT molecular complexity index is 504. The van der Waals surface area contributed by atoms with Gasteiger partial charge in [0.15, 0.2) is 0 Å². The van der Waals surface area contributed by atoms with E-state index in [-0.39, 0.29) is 0 Å². The van der Waals surface area contributed by atoms with Gasteiger partial charge in [-0.25, -0.2) is 0 Å². The summed E-state index contributed by atoms with van der Waals surface area (Å²) >= 11 is 1.52. The average molecular weight is 275 g/mol. The summed E-state index contributed by atoms with van der Waals surface area (Å²) in [6, 6.07) is 9.08. The molecule has 0 bridgehead atoms. The number of benzene rings is 1. The van der Waals surface area contributed by atoms with E-state index in [1.165, 1.54) is 27.5 Å². The molecule has 1 N–H and O–H groups in total. The minimum Gasteiger partial charge on any atom is -0.309 e. The molecule has 0 saturated carbocycles. The molecule has 0 saturated heterocycles. The highest BCUT2D eigenvalue weighted by Gasteiger charge is 2.18. The Morgan fingerprint density at radius 1 is 1.21 bits per heavy atom. The molecule has 1 heterocycles. The van der Waals surface area contributed by atoms with Crippen LogP contribution in [0, 0.1) is 6.92 Å². The van der Waals surface area contributed by atoms with Crippen molar-refractivity contribution in [3.05, 3.63) is 46.0 Å². The molecular weight excluding hydrogens is 254 g/mol. The predicted molar refractivity (Wildman–Crippen MR) is 80.6 cm³/mol. The van der Waals surface area contributed by atoms with Gasteiger partial charge >= 0.3 is 0 Å². The summed E-state index contributed by atoms with van der Waals surface area (Å²) in [5, 5.41) is 7.78. The van der Waals surface area contributed by atoms with Gasteiger partial charge in [0.05, 0.1) is 10.6 Å². The first-order valence-corrected chi connectivity index (χ1v) is 7.62. The summed E-state index contributed by atoms with van der Waals surface area (Å²) in [6.07, 6.45) is 1.94. The molecule has 2 aromatic rings. The summed E-state index contributed by atoms with van der Waals surface area (Å²) < 4.78 is 4.10. The predicted octanol–water partition coefficient (Wildman–Crippen LogP) is 3.30. The van der Waals surface area contributed by atoms with Crippen molar-refractivity contribution in [3.8, 4) is 0 Å². The summed E-state index contributed by atoms with van der Waals surface area (Å²) in [4.78, 5) is 1.28. The van der Waals surface area contributed by atoms with Gasteiger partial charge in [-0.2, -0.15) is 0 Å². The lowest BCUT2D eigenvalue weighted by Gasteiger charge is -2.17. The molecule has 1 aromatic heterocycles. The zero-order valence-electron chi connectivity index (χ0n) is 11.8. The van der Waals surface area contributed by atoms with Gasteiger partial charge in [0.2, 0.25) is 0 Å². The lowest BCUT2D eigenvalue weighted by Crippen LogP contribution is -2.23. The van der Waals surface area contributed by atoms with Crippen LogP contribution in [0.3, 0.4) is 0 Å². The van der Waals surface area contributed by atoms with Crippen LogP contribution in [0.2, 0.25) is 0 Å². The van der Waals surface area contributed by atoms with E-state index in [4.69, 9.17) is 0 Å². The number of hydrogen-bond donors (Lipinski definition) is 1. The summed E-state index contributed by atoms with van der Waals surface area (Å²) in [5.41, 5.74) is 3.78. The number of aryl methyl sites for hydroxylation is 2. The van der Waals surface area contributed by atoms with Crippen molar-refractivity contribution < 1.29 is 0 Å². The number of nitrogens with one attached hydrogen (secondary N) is 1. The fourth-order valence-corrected chi connectivity index (χ4v) is 3.00. The fourth-order valence-electron chi connectivity index (χ4n) is 2.19. The van der Waals surface area contributed by atoms with Crippen molar-refractivity contribution in [2.24, 2.45) is 0 Å². The van der Waals surface area contributed by atoms with E-state index in [1.807, 2.05) is 0 Å². The molecule has 0 aliphatic rings. The van der Waals surface area contributed by atoms with Gasteiger partial charge < -0.3 is 5.32 Å². The van der Waals surface area contributed by atoms with Crippen molar-refractivity contribution in [1.82, 2.24) is 14.9 Å². The molecule has 0 amide bonds. The molecule has 2 rings (SSSR count). The number of rotatable bonds is 6. The SMILES string of the molecule is CCNC(Cc1ccc(C)cc1)c1snnc1CC. The van der Waals surface area contributed by atoms with Crippen LogP contribution in [0.15, 0.2) is 24.3 Å². The Labute approximate surface area is 119 Å². The van der Waals surface area contributed by atoms with Gasteiger partial charge in [-0.1, -0.05) is 48.2 Å². The largest absolute Gasteiger partial charge is 0.309 e. The number of nitrogens with zero attached hydrogens (tertiary/aromatic N) is 2. The normalized spacial score (nSPS) is 12.6. The maximum atomic E-state index is 4.22. The van der Waals surface area contributed by atoms with Crippen LogP contribution in [-0.2, 0) is 12.8 Å². The average Bonchev–Trinajstić information content (AvgIpc) is 2.89. The quantitative estimate of drug-likeness (QED) is 0.879. The third-order valence-electron chi connectivity index (χ3n) is 3.25. The molecule has 1 atom stereocenters. The molecule has 4 heteroatoms. The lowest BCUT2D eigenvalue weighted by atomic mass is 10.0. The highest BCUT2D eigenvalue weighted by molar-refractivity contribution is 7.05. The van der Waals surface area contributed by atoms with Gasteiger partial charge in [-0.15, -0.1) is 5.10 Å². The first-order chi connectivity index (χ1) is 9.24. The van der Waals surface area contributed by atoms with E-state index in [1.54, 1.807) is 0 Å². The first kappa shape index (κ1) is 14.2. The van der Waals surface area contributed by atoms with E-state index in [2.05, 4.69) is 59.9 Å². The summed E-state index contributed by atoms with van der Waals surface area (Å²) in [5.74, 6) is 0. The minimum absolute atomic E-state index is 0.322. The first-order valence-electron chi connectivity index (χ1n) is 6.84. The fraction of sp³-hybridized carbons (Fsp3) is 0.467. The third-order valence-corrected chi connectivity index (χ3v) is 4.13. The number of hydrogen-bond acceptors (Lipinski definition) is 4. The van der Waals surface area contributed by atoms with Crippen LogP contribution < -0.4 is 5.32 Å². The molecule has 0 spiro atoms. The molecule has 0 aliphatic carbocycles. The van der Waals surface area contributed by atoms with E-state index in [9.17, 15) is 0 Å². The van der Waals surface area contributed by atoms with Gasteiger partial charge in [0, 0.05) is 6.04 Å². The lowest BCUT2D eigenvalue weighted by molar-refractivity contribution is 0.553. The Hall–Kier alpha value is -1.26. The Kier molecular flexibility index (Phi) is 5.05. The smallest absolute Gasteiger partial charge is 0.0801 e. The molecule has 1 aromatic carbocycles. The third kappa shape index (κ3) is 3.61. The highest BCUT2D eigenvalue weighted by Crippen LogP contribution is 2.24. The van der Waals surface area contributed by atoms with Crippen LogP contribution >= 0.6 is 11.5 Å². The minimum atomic E-state index is 0.322. The molecule has 0 fully saturated rings. The molecule has 19 heavy (non-hydrogen) atoms. The second kappa shape index (κ2) is 6.78. The molecule has 0 aliphatic heterocycles. The second-order valence-electron chi connectivity index (χ2n) is 4.74.